The van der Waals surface area contributed by atoms with Crippen LogP contribution in [0.5, 0.6) is 0 Å². The molecule has 0 amide bonds. The summed E-state index contributed by atoms with van der Waals surface area (Å²) in [4.78, 5) is 13.8. The molecule has 2 N–H and O–H groups in total. The average Bonchev–Trinajstić information content (AvgIpc) is 2.62. The number of carbonyl (C=O) groups is 1. The number of esters is 1. The van der Waals surface area contributed by atoms with Crippen LogP contribution in [0.1, 0.15) is 11.1 Å². The maximum absolute atomic E-state index is 11.7. The predicted molar refractivity (Wildman–Crippen MR) is 70.3 cm³/mol. The van der Waals surface area contributed by atoms with Gasteiger partial charge in [0.25, 0.3) is 0 Å². The topological polar surface area (TPSA) is 55.6 Å². The van der Waals surface area contributed by atoms with Gasteiger partial charge in [-0.15, -0.1) is 0 Å². The zero-order valence-electron chi connectivity index (χ0n) is 10.8. The van der Waals surface area contributed by atoms with Gasteiger partial charge in [0.15, 0.2) is 0 Å². The van der Waals surface area contributed by atoms with Gasteiger partial charge in [-0.25, -0.2) is 0 Å². The molecule has 1 heterocycles. The maximum atomic E-state index is 11.7. The summed E-state index contributed by atoms with van der Waals surface area (Å²) in [6, 6.07) is 8.14. The molecule has 2 rings (SSSR count). The van der Waals surface area contributed by atoms with Crippen LogP contribution in [0.25, 0.3) is 0 Å². The molecule has 0 saturated heterocycles. The van der Waals surface area contributed by atoms with Gasteiger partial charge in [0.1, 0.15) is 6.04 Å². The third-order valence-electron chi connectivity index (χ3n) is 3.59. The Hall–Kier alpha value is -1.39. The van der Waals surface area contributed by atoms with E-state index in [1.54, 1.807) is 0 Å². The molecule has 0 bridgehead atoms. The molecule has 1 aliphatic rings. The monoisotopic (exact) mass is 248 g/mol. The zero-order chi connectivity index (χ0) is 13.0. The zero-order valence-corrected chi connectivity index (χ0v) is 10.8. The standard InChI is InChI=1S/C14H20N2O2/c1-18-14(17)13(10-15)16-8-6-11-4-2-3-5-12(11)7-9-16/h2-5,13H,6-10,15H2,1H3. The molecule has 0 spiro atoms. The van der Waals surface area contributed by atoms with Crippen LogP contribution in [-0.2, 0) is 22.4 Å². The van der Waals surface area contributed by atoms with Crippen molar-refractivity contribution in [3.63, 3.8) is 0 Å². The van der Waals surface area contributed by atoms with Gasteiger partial charge in [-0.3, -0.25) is 9.69 Å². The number of benzene rings is 1. The number of carbonyl (C=O) groups excluding carboxylic acids is 1. The maximum Gasteiger partial charge on any atom is 0.324 e. The van der Waals surface area contributed by atoms with Crippen LogP contribution >= 0.6 is 0 Å². The van der Waals surface area contributed by atoms with E-state index in [2.05, 4.69) is 29.2 Å². The number of nitrogens with zero attached hydrogens (tertiary/aromatic N) is 1. The number of fused-ring (bicyclic) bond motifs is 1. The van der Waals surface area contributed by atoms with Crippen molar-refractivity contribution in [2.45, 2.75) is 18.9 Å². The minimum absolute atomic E-state index is 0.233. The fourth-order valence-electron chi connectivity index (χ4n) is 2.53. The Morgan fingerprint density at radius 2 is 1.89 bits per heavy atom. The van der Waals surface area contributed by atoms with Crippen LogP contribution < -0.4 is 5.73 Å². The summed E-state index contributed by atoms with van der Waals surface area (Å²) in [6.45, 7) is 2.02. The summed E-state index contributed by atoms with van der Waals surface area (Å²) in [5, 5.41) is 0. The van der Waals surface area contributed by atoms with E-state index in [0.717, 1.165) is 25.9 Å². The van der Waals surface area contributed by atoms with E-state index in [4.69, 9.17) is 10.5 Å². The highest BCUT2D eigenvalue weighted by atomic mass is 16.5. The van der Waals surface area contributed by atoms with Gasteiger partial charge >= 0.3 is 5.97 Å². The Kier molecular flexibility index (Phi) is 4.33. The number of methoxy groups -OCH3 is 1. The first-order chi connectivity index (χ1) is 8.76. The first-order valence-corrected chi connectivity index (χ1v) is 6.35. The van der Waals surface area contributed by atoms with Crippen LogP contribution in [-0.4, -0.2) is 43.7 Å². The molecule has 4 heteroatoms. The molecular weight excluding hydrogens is 228 g/mol. The van der Waals surface area contributed by atoms with Crippen molar-refractivity contribution in [3.05, 3.63) is 35.4 Å². The van der Waals surface area contributed by atoms with E-state index < -0.39 is 0 Å². The normalized spacial score (nSPS) is 17.7. The SMILES string of the molecule is COC(=O)C(CN)N1CCc2ccccc2CC1. The minimum Gasteiger partial charge on any atom is -0.468 e. The highest BCUT2D eigenvalue weighted by Gasteiger charge is 2.26. The van der Waals surface area contributed by atoms with Crippen LogP contribution in [0.2, 0.25) is 0 Å². The third-order valence-corrected chi connectivity index (χ3v) is 3.59. The number of hydrogen-bond acceptors (Lipinski definition) is 4. The van der Waals surface area contributed by atoms with Gasteiger partial charge in [-0.05, 0) is 24.0 Å². The van der Waals surface area contributed by atoms with Gasteiger partial charge in [0, 0.05) is 19.6 Å². The van der Waals surface area contributed by atoms with Crippen molar-refractivity contribution < 1.29 is 9.53 Å². The van der Waals surface area contributed by atoms with Gasteiger partial charge in [-0.1, -0.05) is 24.3 Å². The summed E-state index contributed by atoms with van der Waals surface area (Å²) in [6.07, 6.45) is 1.92. The van der Waals surface area contributed by atoms with Gasteiger partial charge in [-0.2, -0.15) is 0 Å². The average molecular weight is 248 g/mol. The largest absolute Gasteiger partial charge is 0.468 e. The Labute approximate surface area is 108 Å². The van der Waals surface area contributed by atoms with Crippen molar-refractivity contribution in [3.8, 4) is 0 Å². The second-order valence-electron chi connectivity index (χ2n) is 4.58. The molecule has 1 aromatic rings. The van der Waals surface area contributed by atoms with E-state index in [-0.39, 0.29) is 12.0 Å². The molecule has 98 valence electrons. The van der Waals surface area contributed by atoms with Gasteiger partial charge in [0.2, 0.25) is 0 Å². The fourth-order valence-corrected chi connectivity index (χ4v) is 2.53. The summed E-state index contributed by atoms with van der Waals surface area (Å²) in [5.41, 5.74) is 8.44. The Bertz CT molecular complexity index is 393. The lowest BCUT2D eigenvalue weighted by atomic mass is 10.0. The van der Waals surface area contributed by atoms with Gasteiger partial charge < -0.3 is 10.5 Å². The molecule has 0 aromatic heterocycles. The minimum atomic E-state index is -0.315. The van der Waals surface area contributed by atoms with Crippen LogP contribution in [0.4, 0.5) is 0 Å². The number of hydrogen-bond donors (Lipinski definition) is 1. The Morgan fingerprint density at radius 1 is 1.33 bits per heavy atom. The Balaban J connectivity index is 2.09. The van der Waals surface area contributed by atoms with Crippen molar-refractivity contribution >= 4 is 5.97 Å². The summed E-state index contributed by atoms with van der Waals surface area (Å²) in [7, 11) is 1.41. The summed E-state index contributed by atoms with van der Waals surface area (Å²) in [5.74, 6) is -0.233. The predicted octanol–water partition coefficient (Wildman–Crippen LogP) is 0.588. The van der Waals surface area contributed by atoms with Crippen LogP contribution in [0.3, 0.4) is 0 Å². The third kappa shape index (κ3) is 2.71. The molecule has 0 fully saturated rings. The molecule has 1 atom stereocenters. The van der Waals surface area contributed by atoms with Crippen molar-refractivity contribution in [1.29, 1.82) is 0 Å². The number of ether oxygens (including phenoxy) is 1. The van der Waals surface area contributed by atoms with Gasteiger partial charge in [0.05, 0.1) is 7.11 Å². The van der Waals surface area contributed by atoms with E-state index in [1.807, 2.05) is 0 Å². The van der Waals surface area contributed by atoms with Crippen molar-refractivity contribution in [1.82, 2.24) is 4.90 Å². The smallest absolute Gasteiger partial charge is 0.324 e. The van der Waals surface area contributed by atoms with E-state index in [1.165, 1.54) is 18.2 Å². The molecule has 0 saturated carbocycles. The lowest BCUT2D eigenvalue weighted by Gasteiger charge is -2.27. The van der Waals surface area contributed by atoms with E-state index >= 15 is 0 Å². The molecule has 1 aliphatic heterocycles. The highest BCUT2D eigenvalue weighted by Crippen LogP contribution is 2.17. The number of nitrogens with two attached hydrogens (primary N) is 1. The van der Waals surface area contributed by atoms with Crippen LogP contribution in [0.15, 0.2) is 24.3 Å². The molecular formula is C14H20N2O2. The van der Waals surface area contributed by atoms with E-state index in [9.17, 15) is 4.79 Å². The summed E-state index contributed by atoms with van der Waals surface area (Å²) >= 11 is 0. The molecule has 18 heavy (non-hydrogen) atoms. The number of rotatable bonds is 3. The molecule has 1 unspecified atom stereocenters. The quantitative estimate of drug-likeness (QED) is 0.795. The van der Waals surface area contributed by atoms with Crippen molar-refractivity contribution in [2.75, 3.05) is 26.7 Å². The highest BCUT2D eigenvalue weighted by molar-refractivity contribution is 5.76. The lowest BCUT2D eigenvalue weighted by Crippen LogP contribution is -2.47. The Morgan fingerprint density at radius 3 is 2.33 bits per heavy atom. The first-order valence-electron chi connectivity index (χ1n) is 6.35. The van der Waals surface area contributed by atoms with Crippen molar-refractivity contribution in [2.24, 2.45) is 5.73 Å². The lowest BCUT2D eigenvalue weighted by molar-refractivity contribution is -0.146. The second-order valence-corrected chi connectivity index (χ2v) is 4.58. The first kappa shape index (κ1) is 13.1. The molecule has 4 nitrogen and oxygen atoms in total. The second kappa shape index (κ2) is 5.98. The molecule has 0 aliphatic carbocycles. The molecule has 0 radical (unpaired) electrons. The van der Waals surface area contributed by atoms with E-state index in [0.29, 0.717) is 6.54 Å². The summed E-state index contributed by atoms with van der Waals surface area (Å²) < 4.78 is 4.81. The molecule has 1 aromatic carbocycles. The van der Waals surface area contributed by atoms with Crippen LogP contribution in [0, 0.1) is 0 Å². The fraction of sp³-hybridized carbons (Fsp3) is 0.500.